The van der Waals surface area contributed by atoms with Crippen LogP contribution >= 0.6 is 23.7 Å². The molecule has 3 rings (SSSR count). The summed E-state index contributed by atoms with van der Waals surface area (Å²) < 4.78 is 2.01. The molecule has 0 saturated carbocycles. The predicted molar refractivity (Wildman–Crippen MR) is 89.2 cm³/mol. The lowest BCUT2D eigenvalue weighted by atomic mass is 9.79. The van der Waals surface area contributed by atoms with Crippen LogP contribution in [0.15, 0.2) is 0 Å². The number of likely N-dealkylation sites (tertiary alicyclic amines) is 1. The van der Waals surface area contributed by atoms with E-state index in [2.05, 4.69) is 35.8 Å². The first-order chi connectivity index (χ1) is 9.37. The average Bonchev–Trinajstić information content (AvgIpc) is 2.82. The third kappa shape index (κ3) is 3.08. The Hall–Kier alpha value is -0.690. The largest absolute Gasteiger partial charge is 0.327 e. The zero-order valence-corrected chi connectivity index (χ0v) is 14.7. The molecule has 1 atom stereocenters. The molecule has 1 unspecified atom stereocenters. The van der Waals surface area contributed by atoms with Gasteiger partial charge in [-0.15, -0.1) is 12.4 Å². The number of nitrogens with two attached hydrogens (primary N) is 1. The Bertz CT molecular complexity index is 633. The van der Waals surface area contributed by atoms with Crippen molar-refractivity contribution < 1.29 is 0 Å². The SMILES string of the molecule is Cc1nn2c(CN3CCC(N)C(C)(C)C3)c(C)nc2s1.Cl. The van der Waals surface area contributed by atoms with Crippen LogP contribution in [-0.2, 0) is 6.54 Å². The number of imidazole rings is 1. The van der Waals surface area contributed by atoms with E-state index in [1.54, 1.807) is 11.3 Å². The smallest absolute Gasteiger partial charge is 0.212 e. The third-order valence-corrected chi connectivity index (χ3v) is 5.19. The van der Waals surface area contributed by atoms with E-state index in [0.29, 0.717) is 6.04 Å². The summed E-state index contributed by atoms with van der Waals surface area (Å²) in [5, 5.41) is 5.64. The number of fused-ring (bicyclic) bond motifs is 1. The minimum Gasteiger partial charge on any atom is -0.327 e. The Morgan fingerprint density at radius 2 is 2.10 bits per heavy atom. The Labute approximate surface area is 135 Å². The topological polar surface area (TPSA) is 59.5 Å². The van der Waals surface area contributed by atoms with E-state index in [-0.39, 0.29) is 17.8 Å². The highest BCUT2D eigenvalue weighted by molar-refractivity contribution is 7.16. The maximum absolute atomic E-state index is 6.22. The van der Waals surface area contributed by atoms with E-state index in [1.807, 2.05) is 11.4 Å². The van der Waals surface area contributed by atoms with Crippen LogP contribution in [0.1, 0.15) is 36.7 Å². The standard InChI is InChI=1S/C14H23N5S.ClH/c1-9-11(19-13(16-9)20-10(2)17-19)7-18-6-5-12(15)14(3,4)8-18;/h12H,5-8,15H2,1-4H3;1H. The molecule has 2 aromatic rings. The van der Waals surface area contributed by atoms with E-state index < -0.39 is 0 Å². The summed E-state index contributed by atoms with van der Waals surface area (Å²) in [6, 6.07) is 0.298. The molecular formula is C14H24ClN5S. The van der Waals surface area contributed by atoms with Gasteiger partial charge in [-0.3, -0.25) is 4.90 Å². The number of piperidine rings is 1. The molecule has 0 spiro atoms. The van der Waals surface area contributed by atoms with Gasteiger partial charge in [-0.1, -0.05) is 25.2 Å². The molecule has 0 bridgehead atoms. The summed E-state index contributed by atoms with van der Waals surface area (Å²) in [6.45, 7) is 11.6. The fourth-order valence-corrected chi connectivity index (χ4v) is 3.81. The summed E-state index contributed by atoms with van der Waals surface area (Å²) >= 11 is 1.65. The summed E-state index contributed by atoms with van der Waals surface area (Å²) in [5.41, 5.74) is 8.70. The highest BCUT2D eigenvalue weighted by atomic mass is 35.5. The van der Waals surface area contributed by atoms with E-state index >= 15 is 0 Å². The van der Waals surface area contributed by atoms with Gasteiger partial charge in [0, 0.05) is 25.7 Å². The molecule has 1 aliphatic rings. The van der Waals surface area contributed by atoms with E-state index in [9.17, 15) is 0 Å². The van der Waals surface area contributed by atoms with Gasteiger partial charge in [0.1, 0.15) is 5.01 Å². The van der Waals surface area contributed by atoms with Gasteiger partial charge >= 0.3 is 0 Å². The molecule has 2 N–H and O–H groups in total. The van der Waals surface area contributed by atoms with Crippen molar-refractivity contribution >= 4 is 28.7 Å². The van der Waals surface area contributed by atoms with Crippen molar-refractivity contribution in [1.29, 1.82) is 0 Å². The van der Waals surface area contributed by atoms with E-state index in [4.69, 9.17) is 5.73 Å². The average molecular weight is 330 g/mol. The number of hydrogen-bond donors (Lipinski definition) is 1. The lowest BCUT2D eigenvalue weighted by molar-refractivity contribution is 0.0883. The van der Waals surface area contributed by atoms with Gasteiger partial charge in [-0.05, 0) is 25.7 Å². The Kier molecular flexibility index (Phi) is 4.63. The molecule has 21 heavy (non-hydrogen) atoms. The Morgan fingerprint density at radius 1 is 1.38 bits per heavy atom. The van der Waals surface area contributed by atoms with Crippen molar-refractivity contribution in [3.8, 4) is 0 Å². The molecule has 5 nitrogen and oxygen atoms in total. The Balaban J connectivity index is 0.00000161. The van der Waals surface area contributed by atoms with Gasteiger partial charge in [0.05, 0.1) is 11.4 Å². The summed E-state index contributed by atoms with van der Waals surface area (Å²) in [7, 11) is 0. The number of nitrogens with zero attached hydrogens (tertiary/aromatic N) is 4. The van der Waals surface area contributed by atoms with Crippen LogP contribution in [0.4, 0.5) is 0 Å². The van der Waals surface area contributed by atoms with Crippen LogP contribution in [0.5, 0.6) is 0 Å². The van der Waals surface area contributed by atoms with Gasteiger partial charge in [0.2, 0.25) is 4.96 Å². The van der Waals surface area contributed by atoms with Crippen LogP contribution in [0.2, 0.25) is 0 Å². The molecule has 118 valence electrons. The molecule has 0 radical (unpaired) electrons. The minimum absolute atomic E-state index is 0. The summed E-state index contributed by atoms with van der Waals surface area (Å²) in [4.78, 5) is 8.10. The molecule has 1 fully saturated rings. The third-order valence-electron chi connectivity index (χ3n) is 4.36. The monoisotopic (exact) mass is 329 g/mol. The molecule has 1 saturated heterocycles. The number of aryl methyl sites for hydroxylation is 2. The van der Waals surface area contributed by atoms with Gasteiger partial charge in [-0.25, -0.2) is 9.50 Å². The van der Waals surface area contributed by atoms with Crippen LogP contribution in [0, 0.1) is 19.3 Å². The maximum atomic E-state index is 6.22. The van der Waals surface area contributed by atoms with Crippen molar-refractivity contribution in [3.05, 3.63) is 16.4 Å². The number of aromatic nitrogens is 3. The fourth-order valence-electron chi connectivity index (χ4n) is 3.00. The molecule has 0 amide bonds. The van der Waals surface area contributed by atoms with E-state index in [1.165, 1.54) is 5.69 Å². The molecule has 0 aliphatic carbocycles. The Morgan fingerprint density at radius 3 is 2.76 bits per heavy atom. The molecule has 7 heteroatoms. The molecule has 2 aromatic heterocycles. The van der Waals surface area contributed by atoms with Crippen molar-refractivity contribution in [3.63, 3.8) is 0 Å². The second-order valence-corrected chi connectivity index (χ2v) is 7.71. The zero-order valence-electron chi connectivity index (χ0n) is 13.1. The van der Waals surface area contributed by atoms with Gasteiger partial charge < -0.3 is 5.73 Å². The highest BCUT2D eigenvalue weighted by Gasteiger charge is 2.33. The predicted octanol–water partition coefficient (Wildman–Crippen LogP) is 2.39. The molecule has 3 heterocycles. The number of halogens is 1. The fraction of sp³-hybridized carbons (Fsp3) is 0.714. The first-order valence-electron chi connectivity index (χ1n) is 7.16. The number of hydrogen-bond acceptors (Lipinski definition) is 5. The molecular weight excluding hydrogens is 306 g/mol. The normalized spacial score (nSPS) is 22.4. The minimum atomic E-state index is 0. The van der Waals surface area contributed by atoms with Crippen LogP contribution in [-0.4, -0.2) is 38.6 Å². The molecule has 1 aliphatic heterocycles. The summed E-state index contributed by atoms with van der Waals surface area (Å²) in [6.07, 6.45) is 1.06. The zero-order chi connectivity index (χ0) is 14.5. The molecule has 0 aromatic carbocycles. The van der Waals surface area contributed by atoms with Crippen molar-refractivity contribution in [1.82, 2.24) is 19.5 Å². The van der Waals surface area contributed by atoms with Crippen LogP contribution in [0.25, 0.3) is 4.96 Å². The second kappa shape index (κ2) is 5.83. The van der Waals surface area contributed by atoms with Crippen molar-refractivity contribution in [2.24, 2.45) is 11.1 Å². The lowest BCUT2D eigenvalue weighted by Gasteiger charge is -2.42. The lowest BCUT2D eigenvalue weighted by Crippen LogP contribution is -2.52. The quantitative estimate of drug-likeness (QED) is 0.919. The van der Waals surface area contributed by atoms with Crippen molar-refractivity contribution in [2.75, 3.05) is 13.1 Å². The number of rotatable bonds is 2. The van der Waals surface area contributed by atoms with Crippen LogP contribution in [0.3, 0.4) is 0 Å². The highest BCUT2D eigenvalue weighted by Crippen LogP contribution is 2.29. The van der Waals surface area contributed by atoms with Gasteiger partial charge in [0.25, 0.3) is 0 Å². The van der Waals surface area contributed by atoms with Gasteiger partial charge in [0.15, 0.2) is 0 Å². The van der Waals surface area contributed by atoms with Crippen molar-refractivity contribution in [2.45, 2.75) is 46.7 Å². The second-order valence-electron chi connectivity index (χ2n) is 6.55. The van der Waals surface area contributed by atoms with Gasteiger partial charge in [-0.2, -0.15) is 5.10 Å². The first-order valence-corrected chi connectivity index (χ1v) is 7.98. The summed E-state index contributed by atoms with van der Waals surface area (Å²) in [5.74, 6) is 0. The van der Waals surface area contributed by atoms with E-state index in [0.717, 1.165) is 41.7 Å². The van der Waals surface area contributed by atoms with Crippen LogP contribution < -0.4 is 5.73 Å². The first kappa shape index (κ1) is 16.7. The maximum Gasteiger partial charge on any atom is 0.212 e.